The fourth-order valence-electron chi connectivity index (χ4n) is 4.13. The van der Waals surface area contributed by atoms with Crippen molar-refractivity contribution in [3.8, 4) is 23.0 Å². The van der Waals surface area contributed by atoms with Gasteiger partial charge in [-0.15, -0.1) is 0 Å². The molecule has 0 aliphatic carbocycles. The first-order valence-electron chi connectivity index (χ1n) is 10.6. The molecule has 0 N–H and O–H groups in total. The third-order valence-electron chi connectivity index (χ3n) is 5.65. The van der Waals surface area contributed by atoms with Gasteiger partial charge in [0.25, 0.3) is 0 Å². The van der Waals surface area contributed by atoms with Crippen LogP contribution >= 0.6 is 0 Å². The summed E-state index contributed by atoms with van der Waals surface area (Å²) in [6.45, 7) is 5.33. The van der Waals surface area contributed by atoms with Gasteiger partial charge >= 0.3 is 0 Å². The van der Waals surface area contributed by atoms with E-state index in [1.807, 2.05) is 0 Å². The van der Waals surface area contributed by atoms with Crippen LogP contribution in [0.1, 0.15) is 47.9 Å². The summed E-state index contributed by atoms with van der Waals surface area (Å²) in [4.78, 5) is 39.6. The summed E-state index contributed by atoms with van der Waals surface area (Å²) in [7, 11) is 5.80. The molecule has 33 heavy (non-hydrogen) atoms. The first-order chi connectivity index (χ1) is 15.6. The SMILES string of the molecule is COc1cccc(OC)c1C(=O)C(C(=O)c1c(OC)cccc1OC)C(C)CC(C)(C)C=O. The van der Waals surface area contributed by atoms with Gasteiger partial charge in [0.2, 0.25) is 0 Å². The highest BCUT2D eigenvalue weighted by Gasteiger charge is 2.40. The molecule has 0 fully saturated rings. The standard InChI is InChI=1S/C26H32O7/c1-16(14-26(2,3)15-27)21(24(28)22-17(30-4)10-8-11-18(22)31-5)25(29)23-19(32-6)12-9-13-20(23)33-7/h8-13,15-16,21H,14H2,1-7H3. The zero-order chi connectivity index (χ0) is 24.8. The zero-order valence-corrected chi connectivity index (χ0v) is 20.3. The van der Waals surface area contributed by atoms with Crippen molar-refractivity contribution in [3.05, 3.63) is 47.5 Å². The first-order valence-corrected chi connectivity index (χ1v) is 10.6. The molecule has 0 aromatic heterocycles. The van der Waals surface area contributed by atoms with Crippen LogP contribution < -0.4 is 18.9 Å². The number of rotatable bonds is 12. The van der Waals surface area contributed by atoms with Gasteiger partial charge in [0, 0.05) is 5.41 Å². The molecule has 178 valence electrons. The average Bonchev–Trinajstić information content (AvgIpc) is 2.82. The number of carbonyl (C=O) groups is 3. The summed E-state index contributed by atoms with van der Waals surface area (Å²) in [5, 5.41) is 0. The minimum atomic E-state index is -1.14. The van der Waals surface area contributed by atoms with E-state index < -0.39 is 28.8 Å². The Balaban J connectivity index is 2.73. The minimum absolute atomic E-state index is 0.172. The van der Waals surface area contributed by atoms with E-state index in [9.17, 15) is 14.4 Å². The molecule has 0 saturated heterocycles. The molecule has 0 aliphatic rings. The lowest BCUT2D eigenvalue weighted by atomic mass is 9.73. The maximum absolute atomic E-state index is 14.0. The van der Waals surface area contributed by atoms with Crippen LogP contribution in [0.2, 0.25) is 0 Å². The topological polar surface area (TPSA) is 88.1 Å². The lowest BCUT2D eigenvalue weighted by Gasteiger charge is -2.29. The van der Waals surface area contributed by atoms with Crippen LogP contribution in [-0.2, 0) is 4.79 Å². The van der Waals surface area contributed by atoms with Crippen molar-refractivity contribution < 1.29 is 33.3 Å². The number of Topliss-reactive ketones (excluding diaryl/α,β-unsaturated/α-hetero) is 2. The van der Waals surface area contributed by atoms with Crippen molar-refractivity contribution in [1.29, 1.82) is 0 Å². The summed E-state index contributed by atoms with van der Waals surface area (Å²) in [6, 6.07) is 9.96. The van der Waals surface area contributed by atoms with E-state index in [1.165, 1.54) is 28.4 Å². The van der Waals surface area contributed by atoms with Crippen LogP contribution in [0.4, 0.5) is 0 Å². The number of aldehydes is 1. The van der Waals surface area contributed by atoms with Gasteiger partial charge in [0.15, 0.2) is 11.6 Å². The second kappa shape index (κ2) is 11.0. The van der Waals surface area contributed by atoms with Crippen molar-refractivity contribution in [2.24, 2.45) is 17.3 Å². The van der Waals surface area contributed by atoms with Gasteiger partial charge in [-0.25, -0.2) is 0 Å². The maximum Gasteiger partial charge on any atom is 0.181 e. The minimum Gasteiger partial charge on any atom is -0.496 e. The quantitative estimate of drug-likeness (QED) is 0.261. The van der Waals surface area contributed by atoms with Crippen LogP contribution in [0.25, 0.3) is 0 Å². The number of hydrogen-bond donors (Lipinski definition) is 0. The van der Waals surface area contributed by atoms with Gasteiger partial charge in [0.05, 0.1) is 34.4 Å². The van der Waals surface area contributed by atoms with Crippen molar-refractivity contribution in [2.45, 2.75) is 27.2 Å². The fourth-order valence-corrected chi connectivity index (χ4v) is 4.13. The van der Waals surface area contributed by atoms with Crippen LogP contribution in [0.15, 0.2) is 36.4 Å². The van der Waals surface area contributed by atoms with E-state index in [0.717, 1.165) is 6.29 Å². The predicted molar refractivity (Wildman–Crippen MR) is 125 cm³/mol. The molecule has 0 bridgehead atoms. The highest BCUT2D eigenvalue weighted by atomic mass is 16.5. The highest BCUT2D eigenvalue weighted by molar-refractivity contribution is 6.19. The van der Waals surface area contributed by atoms with Gasteiger partial charge < -0.3 is 23.7 Å². The van der Waals surface area contributed by atoms with E-state index in [2.05, 4.69) is 0 Å². The molecule has 2 rings (SSSR count). The third-order valence-corrected chi connectivity index (χ3v) is 5.65. The monoisotopic (exact) mass is 456 g/mol. The second-order valence-corrected chi connectivity index (χ2v) is 8.57. The third kappa shape index (κ3) is 5.53. The van der Waals surface area contributed by atoms with Crippen LogP contribution in [0.3, 0.4) is 0 Å². The molecule has 0 radical (unpaired) electrons. The highest BCUT2D eigenvalue weighted by Crippen LogP contribution is 2.39. The molecule has 1 atom stereocenters. The molecule has 0 amide bonds. The van der Waals surface area contributed by atoms with Crippen molar-refractivity contribution in [3.63, 3.8) is 0 Å². The van der Waals surface area contributed by atoms with E-state index >= 15 is 0 Å². The van der Waals surface area contributed by atoms with Crippen molar-refractivity contribution in [2.75, 3.05) is 28.4 Å². The molecule has 0 saturated carbocycles. The smallest absolute Gasteiger partial charge is 0.181 e. The molecule has 0 spiro atoms. The number of methoxy groups -OCH3 is 4. The molecule has 0 aliphatic heterocycles. The van der Waals surface area contributed by atoms with E-state index in [0.29, 0.717) is 29.4 Å². The van der Waals surface area contributed by atoms with Gasteiger partial charge in [-0.1, -0.05) is 32.9 Å². The fraction of sp³-hybridized carbons (Fsp3) is 0.423. The van der Waals surface area contributed by atoms with Gasteiger partial charge in [-0.3, -0.25) is 9.59 Å². The Morgan fingerprint density at radius 1 is 0.788 bits per heavy atom. The molecular weight excluding hydrogens is 424 g/mol. The van der Waals surface area contributed by atoms with Crippen molar-refractivity contribution >= 4 is 17.9 Å². The Bertz CT molecular complexity index is 898. The normalized spacial score (nSPS) is 12.1. The molecule has 0 heterocycles. The molecule has 2 aromatic carbocycles. The van der Waals surface area contributed by atoms with E-state index in [1.54, 1.807) is 57.2 Å². The van der Waals surface area contributed by atoms with Crippen molar-refractivity contribution in [1.82, 2.24) is 0 Å². The Morgan fingerprint density at radius 2 is 1.12 bits per heavy atom. The predicted octanol–water partition coefficient (Wildman–Crippen LogP) is 4.65. The van der Waals surface area contributed by atoms with Gasteiger partial charge in [-0.2, -0.15) is 0 Å². The van der Waals surface area contributed by atoms with Crippen LogP contribution in [0.5, 0.6) is 23.0 Å². The van der Waals surface area contributed by atoms with Gasteiger partial charge in [-0.05, 0) is 36.6 Å². The zero-order valence-electron chi connectivity index (χ0n) is 20.3. The summed E-state index contributed by atoms with van der Waals surface area (Å²) >= 11 is 0. The number of ether oxygens (including phenoxy) is 4. The Kier molecular flexibility index (Phi) is 8.63. The van der Waals surface area contributed by atoms with E-state index in [4.69, 9.17) is 18.9 Å². The summed E-state index contributed by atoms with van der Waals surface area (Å²) < 4.78 is 21.7. The number of ketones is 2. The molecule has 1 unspecified atom stereocenters. The second-order valence-electron chi connectivity index (χ2n) is 8.57. The first kappa shape index (κ1) is 25.9. The van der Waals surface area contributed by atoms with Crippen LogP contribution in [0, 0.1) is 17.3 Å². The summed E-state index contributed by atoms with van der Waals surface area (Å²) in [5.41, 5.74) is -0.385. The summed E-state index contributed by atoms with van der Waals surface area (Å²) in [5.74, 6) is -1.36. The molecular formula is C26H32O7. The Morgan fingerprint density at radius 3 is 1.39 bits per heavy atom. The Hall–Kier alpha value is -3.35. The summed E-state index contributed by atoms with van der Waals surface area (Å²) in [6.07, 6.45) is 1.15. The lowest BCUT2D eigenvalue weighted by molar-refractivity contribution is -0.115. The largest absolute Gasteiger partial charge is 0.496 e. The Labute approximate surface area is 195 Å². The number of carbonyl (C=O) groups excluding carboxylic acids is 3. The number of hydrogen-bond acceptors (Lipinski definition) is 7. The van der Waals surface area contributed by atoms with Crippen LogP contribution in [-0.4, -0.2) is 46.3 Å². The average molecular weight is 457 g/mol. The van der Waals surface area contributed by atoms with E-state index in [-0.39, 0.29) is 11.1 Å². The lowest BCUT2D eigenvalue weighted by Crippen LogP contribution is -2.34. The van der Waals surface area contributed by atoms with Gasteiger partial charge in [0.1, 0.15) is 40.4 Å². The number of benzene rings is 2. The molecule has 7 heteroatoms. The maximum atomic E-state index is 14.0. The molecule has 2 aromatic rings. The molecule has 7 nitrogen and oxygen atoms in total.